The van der Waals surface area contributed by atoms with E-state index in [4.69, 9.17) is 5.73 Å². The third kappa shape index (κ3) is 3.49. The molecule has 0 aromatic heterocycles. The van der Waals surface area contributed by atoms with Gasteiger partial charge >= 0.3 is 0 Å². The Morgan fingerprint density at radius 3 is 2.65 bits per heavy atom. The highest BCUT2D eigenvalue weighted by Gasteiger charge is 2.21. The molecule has 1 rings (SSSR count). The van der Waals surface area contributed by atoms with Crippen LogP contribution in [0, 0.1) is 12.7 Å². The number of aryl methyl sites for hydroxylation is 1. The quantitative estimate of drug-likeness (QED) is 0.834. The van der Waals surface area contributed by atoms with Crippen molar-refractivity contribution in [2.45, 2.75) is 31.2 Å². The second kappa shape index (κ2) is 5.57. The topological polar surface area (TPSA) is 72.2 Å². The molecule has 96 valence electrons. The van der Waals surface area contributed by atoms with Crippen LogP contribution in [0.1, 0.15) is 18.9 Å². The molecule has 4 nitrogen and oxygen atoms in total. The Kier molecular flexibility index (Phi) is 4.62. The van der Waals surface area contributed by atoms with Gasteiger partial charge in [-0.3, -0.25) is 0 Å². The summed E-state index contributed by atoms with van der Waals surface area (Å²) in [7, 11) is -3.84. The highest BCUT2D eigenvalue weighted by Crippen LogP contribution is 2.16. The van der Waals surface area contributed by atoms with Gasteiger partial charge in [-0.15, -0.1) is 0 Å². The molecule has 1 atom stereocenters. The average molecular weight is 260 g/mol. The summed E-state index contributed by atoms with van der Waals surface area (Å²) in [6.07, 6.45) is 0.559. The number of nitrogens with two attached hydrogens (primary N) is 1. The monoisotopic (exact) mass is 260 g/mol. The van der Waals surface area contributed by atoms with Crippen molar-refractivity contribution in [1.29, 1.82) is 0 Å². The minimum absolute atomic E-state index is 0.184. The van der Waals surface area contributed by atoms with E-state index in [1.165, 1.54) is 12.1 Å². The van der Waals surface area contributed by atoms with E-state index in [1.54, 1.807) is 6.92 Å². The molecule has 0 aliphatic heterocycles. The van der Waals surface area contributed by atoms with Crippen molar-refractivity contribution >= 4 is 10.0 Å². The average Bonchev–Trinajstić information content (AvgIpc) is 2.29. The fourth-order valence-corrected chi connectivity index (χ4v) is 2.89. The molecular weight excluding hydrogens is 243 g/mol. The Morgan fingerprint density at radius 2 is 2.12 bits per heavy atom. The van der Waals surface area contributed by atoms with E-state index in [-0.39, 0.29) is 17.5 Å². The largest absolute Gasteiger partial charge is 0.329 e. The highest BCUT2D eigenvalue weighted by atomic mass is 32.2. The Bertz CT molecular complexity index is 484. The van der Waals surface area contributed by atoms with Gasteiger partial charge in [-0.25, -0.2) is 17.5 Å². The summed E-state index contributed by atoms with van der Waals surface area (Å²) >= 11 is 0. The zero-order valence-electron chi connectivity index (χ0n) is 9.90. The van der Waals surface area contributed by atoms with E-state index < -0.39 is 15.8 Å². The number of sulfonamides is 1. The van der Waals surface area contributed by atoms with Gasteiger partial charge in [0.25, 0.3) is 0 Å². The molecule has 6 heteroatoms. The van der Waals surface area contributed by atoms with E-state index in [1.807, 2.05) is 6.92 Å². The molecule has 17 heavy (non-hydrogen) atoms. The third-order valence-corrected chi connectivity index (χ3v) is 4.01. The van der Waals surface area contributed by atoms with Crippen LogP contribution in [0.2, 0.25) is 0 Å². The van der Waals surface area contributed by atoms with E-state index in [2.05, 4.69) is 4.72 Å². The Balaban J connectivity index is 3.09. The lowest BCUT2D eigenvalue weighted by Crippen LogP contribution is -2.39. The van der Waals surface area contributed by atoms with Crippen molar-refractivity contribution in [3.63, 3.8) is 0 Å². The highest BCUT2D eigenvalue weighted by molar-refractivity contribution is 7.89. The second-order valence-electron chi connectivity index (χ2n) is 3.90. The minimum Gasteiger partial charge on any atom is -0.329 e. The number of benzene rings is 1. The molecule has 0 radical (unpaired) electrons. The molecule has 1 aromatic carbocycles. The number of hydrogen-bond acceptors (Lipinski definition) is 3. The third-order valence-electron chi connectivity index (χ3n) is 2.48. The smallest absolute Gasteiger partial charge is 0.243 e. The predicted molar refractivity (Wildman–Crippen MR) is 64.6 cm³/mol. The molecule has 0 saturated heterocycles. The van der Waals surface area contributed by atoms with Crippen LogP contribution in [0.4, 0.5) is 4.39 Å². The summed E-state index contributed by atoms with van der Waals surface area (Å²) in [5, 5.41) is 0. The second-order valence-corrected chi connectivity index (χ2v) is 5.58. The molecule has 0 amide bonds. The Morgan fingerprint density at radius 1 is 1.47 bits per heavy atom. The lowest BCUT2D eigenvalue weighted by atomic mass is 10.2. The number of hydrogen-bond donors (Lipinski definition) is 2. The van der Waals surface area contributed by atoms with Gasteiger partial charge in [-0.05, 0) is 31.0 Å². The molecular formula is C11H17FN2O2S. The van der Waals surface area contributed by atoms with Gasteiger partial charge in [0, 0.05) is 12.6 Å². The van der Waals surface area contributed by atoms with Crippen LogP contribution in [0.3, 0.4) is 0 Å². The summed E-state index contributed by atoms with van der Waals surface area (Å²) in [4.78, 5) is -0.329. The predicted octanol–water partition coefficient (Wildman–Crippen LogP) is 1.15. The van der Waals surface area contributed by atoms with Crippen LogP contribution in [-0.4, -0.2) is 21.0 Å². The van der Waals surface area contributed by atoms with E-state index in [0.717, 1.165) is 6.07 Å². The summed E-state index contributed by atoms with van der Waals surface area (Å²) in [5.41, 5.74) is 6.10. The van der Waals surface area contributed by atoms with Gasteiger partial charge in [0.05, 0.1) is 0 Å². The summed E-state index contributed by atoms with van der Waals surface area (Å²) in [5.74, 6) is -0.755. The standard InChI is InChI=1S/C11H17FN2O2S/c1-3-9(7-13)14-17(15,16)11-6-8(2)4-5-10(11)12/h4-6,9,14H,3,7,13H2,1-2H3. The molecule has 0 aliphatic rings. The van der Waals surface area contributed by atoms with E-state index in [9.17, 15) is 12.8 Å². The van der Waals surface area contributed by atoms with Gasteiger partial charge in [0.15, 0.2) is 0 Å². The zero-order valence-corrected chi connectivity index (χ0v) is 10.7. The fourth-order valence-electron chi connectivity index (χ4n) is 1.40. The van der Waals surface area contributed by atoms with Crippen LogP contribution >= 0.6 is 0 Å². The molecule has 0 aliphatic carbocycles. The van der Waals surface area contributed by atoms with Crippen LogP contribution in [0.25, 0.3) is 0 Å². The molecule has 0 heterocycles. The summed E-state index contributed by atoms with van der Waals surface area (Å²) in [6, 6.07) is 3.60. The van der Waals surface area contributed by atoms with Crippen molar-refractivity contribution in [1.82, 2.24) is 4.72 Å². The molecule has 1 aromatic rings. The van der Waals surface area contributed by atoms with Crippen LogP contribution in [-0.2, 0) is 10.0 Å². The first-order chi connectivity index (χ1) is 7.90. The molecule has 3 N–H and O–H groups in total. The fraction of sp³-hybridized carbons (Fsp3) is 0.455. The molecule has 0 fully saturated rings. The lowest BCUT2D eigenvalue weighted by Gasteiger charge is -2.15. The van der Waals surface area contributed by atoms with Gasteiger partial charge in [-0.2, -0.15) is 0 Å². The van der Waals surface area contributed by atoms with Gasteiger partial charge in [0.1, 0.15) is 10.7 Å². The molecule has 1 unspecified atom stereocenters. The van der Waals surface area contributed by atoms with Crippen LogP contribution in [0.5, 0.6) is 0 Å². The lowest BCUT2D eigenvalue weighted by molar-refractivity contribution is 0.529. The van der Waals surface area contributed by atoms with Crippen molar-refractivity contribution in [2.75, 3.05) is 6.54 Å². The van der Waals surface area contributed by atoms with E-state index >= 15 is 0 Å². The minimum atomic E-state index is -3.84. The summed E-state index contributed by atoms with van der Waals surface area (Å²) < 4.78 is 39.7. The normalized spacial score (nSPS) is 13.6. The van der Waals surface area contributed by atoms with Crippen molar-refractivity contribution in [2.24, 2.45) is 5.73 Å². The molecule has 0 saturated carbocycles. The number of rotatable bonds is 5. The number of halogens is 1. The van der Waals surface area contributed by atoms with Gasteiger partial charge < -0.3 is 5.73 Å². The molecule has 0 bridgehead atoms. The van der Waals surface area contributed by atoms with Crippen molar-refractivity contribution in [3.8, 4) is 0 Å². The first-order valence-corrected chi connectivity index (χ1v) is 6.87. The SMILES string of the molecule is CCC(CN)NS(=O)(=O)c1cc(C)ccc1F. The molecule has 0 spiro atoms. The van der Waals surface area contributed by atoms with E-state index in [0.29, 0.717) is 12.0 Å². The zero-order chi connectivity index (χ0) is 13.1. The maximum atomic E-state index is 13.5. The van der Waals surface area contributed by atoms with Gasteiger partial charge in [0.2, 0.25) is 10.0 Å². The van der Waals surface area contributed by atoms with Crippen LogP contribution < -0.4 is 10.5 Å². The summed E-state index contributed by atoms with van der Waals surface area (Å²) in [6.45, 7) is 3.70. The maximum Gasteiger partial charge on any atom is 0.243 e. The van der Waals surface area contributed by atoms with Crippen molar-refractivity contribution in [3.05, 3.63) is 29.6 Å². The Hall–Kier alpha value is -0.980. The van der Waals surface area contributed by atoms with Gasteiger partial charge in [-0.1, -0.05) is 13.0 Å². The van der Waals surface area contributed by atoms with Crippen LogP contribution in [0.15, 0.2) is 23.1 Å². The maximum absolute atomic E-state index is 13.5. The first kappa shape index (κ1) is 14.1. The van der Waals surface area contributed by atoms with Crippen molar-refractivity contribution < 1.29 is 12.8 Å². The Labute approximate surface area is 101 Å². The number of nitrogens with one attached hydrogen (secondary N) is 1. The first-order valence-electron chi connectivity index (χ1n) is 5.39.